The molecule has 0 aliphatic carbocycles. The molecule has 1 fully saturated rings. The van der Waals surface area contributed by atoms with Crippen LogP contribution in [0.3, 0.4) is 0 Å². The Morgan fingerprint density at radius 2 is 1.71 bits per heavy atom. The van der Waals surface area contributed by atoms with Gasteiger partial charge in [-0.25, -0.2) is 0 Å². The van der Waals surface area contributed by atoms with Crippen LogP contribution in [-0.2, 0) is 16.1 Å². The van der Waals surface area contributed by atoms with Gasteiger partial charge in [-0.05, 0) is 12.1 Å². The van der Waals surface area contributed by atoms with Gasteiger partial charge in [-0.1, -0.05) is 42.5 Å². The summed E-state index contributed by atoms with van der Waals surface area (Å²) >= 11 is 0. The number of hydrogen-bond donors (Lipinski definition) is 2. The second-order valence-electron chi connectivity index (χ2n) is 7.08. The van der Waals surface area contributed by atoms with E-state index < -0.39 is 0 Å². The SMILES string of the molecule is CNC(=O)c1ccc(C[NH+](C)[C@H](C(=O)N2CCOCC2)c2ccccc2)cc1. The molecule has 6 nitrogen and oxygen atoms in total. The molecule has 0 radical (unpaired) electrons. The molecule has 2 aromatic carbocycles. The fourth-order valence-corrected chi connectivity index (χ4v) is 3.59. The number of morpholine rings is 1. The van der Waals surface area contributed by atoms with Crippen LogP contribution in [0.5, 0.6) is 0 Å². The molecule has 1 unspecified atom stereocenters. The molecule has 1 heterocycles. The summed E-state index contributed by atoms with van der Waals surface area (Å²) in [5.41, 5.74) is 2.73. The van der Waals surface area contributed by atoms with Crippen molar-refractivity contribution in [2.45, 2.75) is 12.6 Å². The van der Waals surface area contributed by atoms with Crippen molar-refractivity contribution in [2.24, 2.45) is 0 Å². The average Bonchev–Trinajstić information content (AvgIpc) is 2.75. The smallest absolute Gasteiger partial charge is 0.285 e. The van der Waals surface area contributed by atoms with E-state index in [1.54, 1.807) is 7.05 Å². The number of benzene rings is 2. The van der Waals surface area contributed by atoms with E-state index in [0.717, 1.165) is 16.0 Å². The summed E-state index contributed by atoms with van der Waals surface area (Å²) in [6, 6.07) is 17.2. The lowest BCUT2D eigenvalue weighted by Gasteiger charge is -2.32. The predicted octanol–water partition coefficient (Wildman–Crippen LogP) is 0.661. The number of quaternary nitrogens is 1. The van der Waals surface area contributed by atoms with Crippen molar-refractivity contribution >= 4 is 11.8 Å². The van der Waals surface area contributed by atoms with E-state index in [0.29, 0.717) is 38.4 Å². The summed E-state index contributed by atoms with van der Waals surface area (Å²) in [7, 11) is 3.67. The minimum atomic E-state index is -0.280. The molecule has 6 heteroatoms. The first-order valence-corrected chi connectivity index (χ1v) is 9.65. The van der Waals surface area contributed by atoms with E-state index in [1.807, 2.05) is 66.5 Å². The number of hydrogen-bond acceptors (Lipinski definition) is 3. The van der Waals surface area contributed by atoms with Crippen molar-refractivity contribution in [1.82, 2.24) is 10.2 Å². The molecule has 148 valence electrons. The van der Waals surface area contributed by atoms with Gasteiger partial charge in [0.1, 0.15) is 6.54 Å². The van der Waals surface area contributed by atoms with Gasteiger partial charge in [0.15, 0.2) is 6.04 Å². The van der Waals surface area contributed by atoms with Crippen molar-refractivity contribution in [3.8, 4) is 0 Å². The Morgan fingerprint density at radius 3 is 2.32 bits per heavy atom. The zero-order valence-corrected chi connectivity index (χ0v) is 16.5. The van der Waals surface area contributed by atoms with E-state index in [-0.39, 0.29) is 17.9 Å². The van der Waals surface area contributed by atoms with Crippen molar-refractivity contribution in [2.75, 3.05) is 40.4 Å². The van der Waals surface area contributed by atoms with Crippen LogP contribution in [-0.4, -0.2) is 57.1 Å². The molecule has 3 rings (SSSR count). The van der Waals surface area contributed by atoms with Crippen LogP contribution in [0, 0.1) is 0 Å². The lowest BCUT2D eigenvalue weighted by molar-refractivity contribution is -0.916. The third-order valence-electron chi connectivity index (χ3n) is 5.12. The number of ether oxygens (including phenoxy) is 1. The standard InChI is InChI=1S/C22H27N3O3/c1-23-21(26)19-10-8-17(9-11-19)16-24(2)20(18-6-4-3-5-7-18)22(27)25-12-14-28-15-13-25/h3-11,20H,12-16H2,1-2H3,(H,23,26)/p+1/t20-/m0/s1. The van der Waals surface area contributed by atoms with Crippen molar-refractivity contribution in [1.29, 1.82) is 0 Å². The van der Waals surface area contributed by atoms with Gasteiger partial charge in [-0.3, -0.25) is 9.59 Å². The van der Waals surface area contributed by atoms with Crippen LogP contribution >= 0.6 is 0 Å². The van der Waals surface area contributed by atoms with Gasteiger partial charge >= 0.3 is 0 Å². The van der Waals surface area contributed by atoms with Crippen molar-refractivity contribution < 1.29 is 19.2 Å². The monoisotopic (exact) mass is 382 g/mol. The second kappa shape index (κ2) is 9.48. The number of nitrogens with zero attached hydrogens (tertiary/aromatic N) is 1. The number of rotatable bonds is 6. The highest BCUT2D eigenvalue weighted by atomic mass is 16.5. The third kappa shape index (κ3) is 4.77. The van der Waals surface area contributed by atoms with Gasteiger partial charge in [-0.2, -0.15) is 0 Å². The van der Waals surface area contributed by atoms with E-state index in [9.17, 15) is 9.59 Å². The molecule has 0 aromatic heterocycles. The highest BCUT2D eigenvalue weighted by molar-refractivity contribution is 5.93. The van der Waals surface area contributed by atoms with Gasteiger partial charge in [-0.15, -0.1) is 0 Å². The quantitative estimate of drug-likeness (QED) is 0.772. The first-order valence-electron chi connectivity index (χ1n) is 9.65. The first kappa shape index (κ1) is 20.0. The van der Waals surface area contributed by atoms with Crippen molar-refractivity contribution in [3.63, 3.8) is 0 Å². The van der Waals surface area contributed by atoms with E-state index in [2.05, 4.69) is 5.32 Å². The molecule has 2 atom stereocenters. The van der Waals surface area contributed by atoms with Crippen LogP contribution < -0.4 is 10.2 Å². The highest BCUT2D eigenvalue weighted by Gasteiger charge is 2.33. The van der Waals surface area contributed by atoms with Gasteiger partial charge in [0, 0.05) is 36.8 Å². The van der Waals surface area contributed by atoms with Crippen LogP contribution in [0.1, 0.15) is 27.5 Å². The molecule has 0 bridgehead atoms. The Hall–Kier alpha value is -2.70. The van der Waals surface area contributed by atoms with Crippen LogP contribution in [0.25, 0.3) is 0 Å². The minimum absolute atomic E-state index is 0.100. The van der Waals surface area contributed by atoms with E-state index in [1.165, 1.54) is 0 Å². The number of carbonyl (C=O) groups excluding carboxylic acids is 2. The molecule has 1 aliphatic heterocycles. The number of amides is 2. The Balaban J connectivity index is 1.79. The molecular formula is C22H28N3O3+. The summed E-state index contributed by atoms with van der Waals surface area (Å²) in [4.78, 5) is 28.0. The molecule has 0 spiro atoms. The molecule has 2 N–H and O–H groups in total. The topological polar surface area (TPSA) is 63.1 Å². The first-order chi connectivity index (χ1) is 13.6. The van der Waals surface area contributed by atoms with Gasteiger partial charge in [0.05, 0.1) is 20.3 Å². The highest BCUT2D eigenvalue weighted by Crippen LogP contribution is 2.15. The third-order valence-corrected chi connectivity index (χ3v) is 5.12. The fraction of sp³-hybridized carbons (Fsp3) is 0.364. The van der Waals surface area contributed by atoms with E-state index in [4.69, 9.17) is 4.74 Å². The summed E-state index contributed by atoms with van der Waals surface area (Å²) in [6.45, 7) is 3.14. The largest absolute Gasteiger partial charge is 0.378 e. The second-order valence-corrected chi connectivity index (χ2v) is 7.08. The predicted molar refractivity (Wildman–Crippen MR) is 107 cm³/mol. The van der Waals surface area contributed by atoms with Gasteiger partial charge < -0.3 is 19.9 Å². The average molecular weight is 382 g/mol. The van der Waals surface area contributed by atoms with Crippen LogP contribution in [0.2, 0.25) is 0 Å². The lowest BCUT2D eigenvalue weighted by atomic mass is 10.0. The molecular weight excluding hydrogens is 354 g/mol. The molecule has 28 heavy (non-hydrogen) atoms. The maximum Gasteiger partial charge on any atom is 0.285 e. The number of carbonyl (C=O) groups is 2. The van der Waals surface area contributed by atoms with E-state index >= 15 is 0 Å². The molecule has 1 aliphatic rings. The fourth-order valence-electron chi connectivity index (χ4n) is 3.59. The zero-order chi connectivity index (χ0) is 19.9. The molecule has 2 aromatic rings. The Kier molecular flexibility index (Phi) is 6.79. The zero-order valence-electron chi connectivity index (χ0n) is 16.5. The van der Waals surface area contributed by atoms with Gasteiger partial charge in [0.25, 0.3) is 11.8 Å². The maximum atomic E-state index is 13.3. The summed E-state index contributed by atoms with van der Waals surface area (Å²) in [6.07, 6.45) is 0. The molecule has 2 amide bonds. The lowest BCUT2D eigenvalue weighted by Crippen LogP contribution is -3.09. The van der Waals surface area contributed by atoms with Crippen LogP contribution in [0.15, 0.2) is 54.6 Å². The minimum Gasteiger partial charge on any atom is -0.378 e. The van der Waals surface area contributed by atoms with Gasteiger partial charge in [0.2, 0.25) is 0 Å². The molecule has 1 saturated heterocycles. The summed E-state index contributed by atoms with van der Waals surface area (Å²) in [5, 5.41) is 2.63. The number of nitrogens with one attached hydrogen (secondary N) is 2. The summed E-state index contributed by atoms with van der Waals surface area (Å²) < 4.78 is 5.40. The van der Waals surface area contributed by atoms with Crippen molar-refractivity contribution in [3.05, 3.63) is 71.3 Å². The summed E-state index contributed by atoms with van der Waals surface area (Å²) in [5.74, 6) is 0.0332. The number of likely N-dealkylation sites (N-methyl/N-ethyl adjacent to an activating group) is 1. The normalized spacial score (nSPS) is 16.3. The Morgan fingerprint density at radius 1 is 1.07 bits per heavy atom. The maximum absolute atomic E-state index is 13.3. The van der Waals surface area contributed by atoms with Crippen LogP contribution in [0.4, 0.5) is 0 Å². The Bertz CT molecular complexity index is 786. The molecule has 0 saturated carbocycles. The Labute approximate surface area is 166 Å².